The lowest BCUT2D eigenvalue weighted by atomic mass is 9.74. The predicted molar refractivity (Wildman–Crippen MR) is 77.3 cm³/mol. The number of fused-ring (bicyclic) bond motifs is 1. The van der Waals surface area contributed by atoms with Gasteiger partial charge in [0.25, 0.3) is 0 Å². The summed E-state index contributed by atoms with van der Waals surface area (Å²) < 4.78 is 12.5. The number of hydrogen-bond acceptors (Lipinski definition) is 2. The third-order valence-corrected chi connectivity index (χ3v) is 4.21. The van der Waals surface area contributed by atoms with Gasteiger partial charge in [0.1, 0.15) is 5.75 Å². The van der Waals surface area contributed by atoms with Gasteiger partial charge in [-0.15, -0.1) is 0 Å². The van der Waals surface area contributed by atoms with E-state index in [0.29, 0.717) is 0 Å². The molecule has 0 radical (unpaired) electrons. The Labute approximate surface area is 118 Å². The molecule has 0 spiro atoms. The van der Waals surface area contributed by atoms with Gasteiger partial charge in [0.2, 0.25) is 0 Å². The summed E-state index contributed by atoms with van der Waals surface area (Å²) in [7, 11) is 1.79. The highest BCUT2D eigenvalue weighted by Crippen LogP contribution is 2.42. The van der Waals surface area contributed by atoms with Crippen molar-refractivity contribution in [3.63, 3.8) is 0 Å². The van der Waals surface area contributed by atoms with Gasteiger partial charge in [-0.25, -0.2) is 0 Å². The summed E-state index contributed by atoms with van der Waals surface area (Å²) in [6, 6.07) is 6.38. The van der Waals surface area contributed by atoms with Crippen molar-refractivity contribution in [2.24, 2.45) is 0 Å². The van der Waals surface area contributed by atoms with E-state index < -0.39 is 0 Å². The van der Waals surface area contributed by atoms with E-state index in [9.17, 15) is 0 Å². The number of ether oxygens (including phenoxy) is 2. The lowest BCUT2D eigenvalue weighted by Crippen LogP contribution is -2.31. The summed E-state index contributed by atoms with van der Waals surface area (Å²) in [4.78, 5) is 0. The van der Waals surface area contributed by atoms with Crippen LogP contribution in [0.1, 0.15) is 38.2 Å². The quantitative estimate of drug-likeness (QED) is 0.825. The average molecular weight is 313 g/mol. The Morgan fingerprint density at radius 3 is 3.00 bits per heavy atom. The highest BCUT2D eigenvalue weighted by molar-refractivity contribution is 9.10. The molecule has 1 aliphatic rings. The Hall–Kier alpha value is -0.540. The van der Waals surface area contributed by atoms with Crippen LogP contribution < -0.4 is 4.74 Å². The zero-order chi connectivity index (χ0) is 13.0. The summed E-state index contributed by atoms with van der Waals surface area (Å²) in [5, 5.41) is 0. The molecule has 1 aromatic carbocycles. The largest absolute Gasteiger partial charge is 0.493 e. The predicted octanol–water partition coefficient (Wildman–Crippen LogP) is 4.31. The van der Waals surface area contributed by atoms with Gasteiger partial charge < -0.3 is 9.47 Å². The van der Waals surface area contributed by atoms with E-state index in [4.69, 9.17) is 9.47 Å². The molecule has 0 saturated carbocycles. The minimum atomic E-state index is 0.121. The summed E-state index contributed by atoms with van der Waals surface area (Å²) in [6.45, 7) is 3.82. The average Bonchev–Trinajstić information content (AvgIpc) is 2.50. The molecule has 0 amide bonds. The lowest BCUT2D eigenvalue weighted by Gasteiger charge is -2.33. The van der Waals surface area contributed by atoms with E-state index >= 15 is 0 Å². The van der Waals surface area contributed by atoms with Crippen molar-refractivity contribution in [2.75, 3.05) is 20.3 Å². The van der Waals surface area contributed by atoms with E-state index in [1.54, 1.807) is 7.11 Å². The first-order valence-corrected chi connectivity index (χ1v) is 7.43. The van der Waals surface area contributed by atoms with Crippen molar-refractivity contribution < 1.29 is 9.47 Å². The molecule has 1 aromatic rings. The van der Waals surface area contributed by atoms with Crippen molar-refractivity contribution in [2.45, 2.75) is 38.0 Å². The summed E-state index contributed by atoms with van der Waals surface area (Å²) >= 11 is 3.52. The van der Waals surface area contributed by atoms with E-state index in [0.717, 1.165) is 42.7 Å². The maximum Gasteiger partial charge on any atom is 0.124 e. The zero-order valence-electron chi connectivity index (χ0n) is 11.2. The van der Waals surface area contributed by atoms with E-state index in [1.807, 2.05) is 0 Å². The second-order valence-electron chi connectivity index (χ2n) is 5.06. The molecule has 1 atom stereocenters. The minimum Gasteiger partial charge on any atom is -0.493 e. The van der Waals surface area contributed by atoms with Gasteiger partial charge in [-0.3, -0.25) is 0 Å². The van der Waals surface area contributed by atoms with Crippen molar-refractivity contribution >= 4 is 15.9 Å². The highest BCUT2D eigenvalue weighted by atomic mass is 79.9. The maximum absolute atomic E-state index is 5.89. The van der Waals surface area contributed by atoms with Crippen LogP contribution in [0.2, 0.25) is 0 Å². The van der Waals surface area contributed by atoms with Crippen LogP contribution in [0, 0.1) is 0 Å². The number of benzene rings is 1. The third-order valence-electron chi connectivity index (χ3n) is 3.72. The fourth-order valence-electron chi connectivity index (χ4n) is 3.02. The second kappa shape index (κ2) is 6.07. The van der Waals surface area contributed by atoms with Gasteiger partial charge in [-0.1, -0.05) is 35.3 Å². The van der Waals surface area contributed by atoms with Gasteiger partial charge in [0, 0.05) is 22.6 Å². The standard InChI is InChI=1S/C15H21BrO2/c1-3-7-15(11-17-2)8-4-9-18-14-10-12(16)5-6-13(14)15/h5-6,10H,3-4,7-9,11H2,1-2H3/t15-/m1/s1. The van der Waals surface area contributed by atoms with Gasteiger partial charge in [-0.05, 0) is 31.4 Å². The van der Waals surface area contributed by atoms with Crippen LogP contribution >= 0.6 is 15.9 Å². The Morgan fingerprint density at radius 2 is 2.28 bits per heavy atom. The summed E-state index contributed by atoms with van der Waals surface area (Å²) in [5.41, 5.74) is 1.43. The summed E-state index contributed by atoms with van der Waals surface area (Å²) in [5.74, 6) is 1.02. The molecule has 1 heterocycles. The molecule has 0 fully saturated rings. The normalized spacial score (nSPS) is 23.1. The smallest absolute Gasteiger partial charge is 0.124 e. The SMILES string of the molecule is CCC[C@]1(COC)CCCOc2cc(Br)ccc21. The molecule has 0 N–H and O–H groups in total. The molecule has 0 unspecified atom stereocenters. The molecule has 3 heteroatoms. The number of hydrogen-bond donors (Lipinski definition) is 0. The molecule has 1 aliphatic heterocycles. The van der Waals surface area contributed by atoms with Gasteiger partial charge in [-0.2, -0.15) is 0 Å². The van der Waals surface area contributed by atoms with Crippen LogP contribution in [0.25, 0.3) is 0 Å². The molecule has 0 saturated heterocycles. The van der Waals surface area contributed by atoms with Crippen molar-refractivity contribution in [3.8, 4) is 5.75 Å². The fourth-order valence-corrected chi connectivity index (χ4v) is 3.36. The third kappa shape index (κ3) is 2.72. The minimum absolute atomic E-state index is 0.121. The monoisotopic (exact) mass is 312 g/mol. The van der Waals surface area contributed by atoms with Gasteiger partial charge in [0.05, 0.1) is 13.2 Å². The van der Waals surface area contributed by atoms with Crippen LogP contribution in [0.4, 0.5) is 0 Å². The Balaban J connectivity index is 2.46. The lowest BCUT2D eigenvalue weighted by molar-refractivity contribution is 0.117. The van der Waals surface area contributed by atoms with Crippen molar-refractivity contribution in [1.82, 2.24) is 0 Å². The first kappa shape index (κ1) is 13.9. The van der Waals surface area contributed by atoms with Crippen LogP contribution in [0.3, 0.4) is 0 Å². The Kier molecular flexibility index (Phi) is 4.68. The molecule has 100 valence electrons. The molecule has 0 aromatic heterocycles. The van der Waals surface area contributed by atoms with Crippen LogP contribution in [0.5, 0.6) is 5.75 Å². The molecular weight excluding hydrogens is 292 g/mol. The van der Waals surface area contributed by atoms with Crippen molar-refractivity contribution in [3.05, 3.63) is 28.2 Å². The Morgan fingerprint density at radius 1 is 1.44 bits per heavy atom. The number of methoxy groups -OCH3 is 1. The summed E-state index contributed by atoms with van der Waals surface area (Å²) in [6.07, 6.45) is 4.55. The Bertz CT molecular complexity index is 397. The topological polar surface area (TPSA) is 18.5 Å². The van der Waals surface area contributed by atoms with Crippen molar-refractivity contribution in [1.29, 1.82) is 0 Å². The molecular formula is C15H21BrO2. The fraction of sp³-hybridized carbons (Fsp3) is 0.600. The highest BCUT2D eigenvalue weighted by Gasteiger charge is 2.35. The molecule has 0 bridgehead atoms. The van der Waals surface area contributed by atoms with Crippen LogP contribution in [-0.4, -0.2) is 20.3 Å². The molecule has 2 nitrogen and oxygen atoms in total. The molecule has 0 aliphatic carbocycles. The van der Waals surface area contributed by atoms with E-state index in [-0.39, 0.29) is 5.41 Å². The van der Waals surface area contributed by atoms with E-state index in [2.05, 4.69) is 41.1 Å². The van der Waals surface area contributed by atoms with E-state index in [1.165, 1.54) is 12.0 Å². The van der Waals surface area contributed by atoms with Crippen LogP contribution in [0.15, 0.2) is 22.7 Å². The first-order chi connectivity index (χ1) is 8.72. The molecule has 18 heavy (non-hydrogen) atoms. The second-order valence-corrected chi connectivity index (χ2v) is 5.97. The number of rotatable bonds is 4. The maximum atomic E-state index is 5.89. The molecule has 2 rings (SSSR count). The number of halogens is 1. The first-order valence-electron chi connectivity index (χ1n) is 6.63. The van der Waals surface area contributed by atoms with Gasteiger partial charge in [0.15, 0.2) is 0 Å². The zero-order valence-corrected chi connectivity index (χ0v) is 12.8. The van der Waals surface area contributed by atoms with Crippen LogP contribution in [-0.2, 0) is 10.2 Å². The van der Waals surface area contributed by atoms with Gasteiger partial charge >= 0.3 is 0 Å².